The summed E-state index contributed by atoms with van der Waals surface area (Å²) in [6.07, 6.45) is 0.232. The van der Waals surface area contributed by atoms with Gasteiger partial charge in [-0.3, -0.25) is 24.6 Å². The molecule has 4 aromatic carbocycles. The standard InChI is InChI=1S/C36H29Cl2FN4O7/c1-2-50-22-6-3-5-19(15-22)18-42-28-13-14-41(27-12-9-20(34(45)46)16-29(27)43(48)49)33(44)30(28)31(23-7-4-8-25(38)32(23)39)36(42)24-11-10-21(37)17-26(24)40-35(36)47/h3-12,15-17,28,30-31H,2,13-14,18H2,1H3,(H,40,47)(H,45,46)/t28-,30+,31-,36+/m0/s1. The molecule has 11 nitrogen and oxygen atoms in total. The Balaban J connectivity index is 1.47. The van der Waals surface area contributed by atoms with Gasteiger partial charge in [0, 0.05) is 47.4 Å². The van der Waals surface area contributed by atoms with Gasteiger partial charge in [0.15, 0.2) is 0 Å². The van der Waals surface area contributed by atoms with Crippen LogP contribution in [0.1, 0.15) is 46.3 Å². The molecule has 7 rings (SSSR count). The second kappa shape index (κ2) is 12.7. The highest BCUT2D eigenvalue weighted by molar-refractivity contribution is 6.31. The molecule has 4 atom stereocenters. The molecule has 2 amide bonds. The molecular weight excluding hydrogens is 690 g/mol. The number of ether oxygens (including phenoxy) is 1. The summed E-state index contributed by atoms with van der Waals surface area (Å²) in [6, 6.07) is 19.4. The number of nitro benzene ring substituents is 1. The number of halogens is 3. The highest BCUT2D eigenvalue weighted by Crippen LogP contribution is 2.62. The van der Waals surface area contributed by atoms with Crippen molar-refractivity contribution in [3.63, 3.8) is 0 Å². The number of nitrogens with one attached hydrogen (secondary N) is 1. The second-order valence-electron chi connectivity index (χ2n) is 12.4. The second-order valence-corrected chi connectivity index (χ2v) is 13.2. The summed E-state index contributed by atoms with van der Waals surface area (Å²) >= 11 is 12.7. The van der Waals surface area contributed by atoms with Crippen LogP contribution in [0, 0.1) is 21.8 Å². The van der Waals surface area contributed by atoms with Crippen molar-refractivity contribution in [2.24, 2.45) is 5.92 Å². The number of benzene rings is 4. The minimum atomic E-state index is -1.66. The van der Waals surface area contributed by atoms with Crippen LogP contribution in [-0.4, -0.2) is 51.9 Å². The van der Waals surface area contributed by atoms with E-state index in [2.05, 4.69) is 5.32 Å². The van der Waals surface area contributed by atoms with Gasteiger partial charge in [0.2, 0.25) is 11.8 Å². The summed E-state index contributed by atoms with van der Waals surface area (Å²) in [6.45, 7) is 2.44. The summed E-state index contributed by atoms with van der Waals surface area (Å²) in [4.78, 5) is 56.0. The molecule has 50 heavy (non-hydrogen) atoms. The first-order valence-corrected chi connectivity index (χ1v) is 16.6. The van der Waals surface area contributed by atoms with Crippen LogP contribution in [0.4, 0.5) is 21.5 Å². The number of carboxylic acid groups (broad SMARTS) is 1. The highest BCUT2D eigenvalue weighted by atomic mass is 35.5. The molecular formula is C36H29Cl2FN4O7. The van der Waals surface area contributed by atoms with Crippen LogP contribution in [0.15, 0.2) is 78.9 Å². The molecule has 0 saturated carbocycles. The van der Waals surface area contributed by atoms with Crippen LogP contribution in [0.2, 0.25) is 10.0 Å². The van der Waals surface area contributed by atoms with E-state index < -0.39 is 57.6 Å². The van der Waals surface area contributed by atoms with Crippen molar-refractivity contribution in [2.75, 3.05) is 23.4 Å². The number of hydrogen-bond donors (Lipinski definition) is 2. The third-order valence-electron chi connectivity index (χ3n) is 9.85. The number of piperidine rings is 1. The fourth-order valence-electron chi connectivity index (χ4n) is 7.98. The zero-order valence-corrected chi connectivity index (χ0v) is 28.0. The van der Waals surface area contributed by atoms with Gasteiger partial charge in [-0.2, -0.15) is 0 Å². The summed E-state index contributed by atoms with van der Waals surface area (Å²) in [5, 5.41) is 24.8. The van der Waals surface area contributed by atoms with Crippen LogP contribution in [0.5, 0.6) is 5.75 Å². The SMILES string of the molecule is CCOc1cccc(CN2[C@H]3CCN(c4ccc(C(=O)O)cc4[N+](=O)[O-])C(=O)[C@H]3[C@H](c3cccc(Cl)c3F)[C@]23C(=O)Nc2cc(Cl)ccc23)c1. The van der Waals surface area contributed by atoms with E-state index in [9.17, 15) is 29.6 Å². The molecule has 256 valence electrons. The number of aromatic carboxylic acids is 1. The van der Waals surface area contributed by atoms with Gasteiger partial charge in [0.05, 0.1) is 28.0 Å². The lowest BCUT2D eigenvalue weighted by Crippen LogP contribution is -2.53. The molecule has 3 aliphatic heterocycles. The number of carbonyl (C=O) groups is 3. The predicted molar refractivity (Wildman–Crippen MR) is 183 cm³/mol. The van der Waals surface area contributed by atoms with Gasteiger partial charge in [0.1, 0.15) is 22.8 Å². The van der Waals surface area contributed by atoms with Crippen LogP contribution in [0.25, 0.3) is 0 Å². The van der Waals surface area contributed by atoms with E-state index >= 15 is 4.39 Å². The number of nitro groups is 1. The number of carbonyl (C=O) groups excluding carboxylic acids is 2. The van der Waals surface area contributed by atoms with E-state index in [1.54, 1.807) is 24.3 Å². The number of likely N-dealkylation sites (tertiary alicyclic amines) is 1. The van der Waals surface area contributed by atoms with E-state index in [-0.39, 0.29) is 41.3 Å². The maximum atomic E-state index is 16.4. The van der Waals surface area contributed by atoms with Crippen molar-refractivity contribution in [3.05, 3.63) is 127 Å². The number of nitrogens with zero attached hydrogens (tertiary/aromatic N) is 3. The van der Waals surface area contributed by atoms with Crippen LogP contribution in [-0.2, 0) is 21.7 Å². The van der Waals surface area contributed by atoms with Crippen LogP contribution in [0.3, 0.4) is 0 Å². The van der Waals surface area contributed by atoms with Gasteiger partial charge >= 0.3 is 5.97 Å². The summed E-state index contributed by atoms with van der Waals surface area (Å²) in [5.41, 5.74) is -0.957. The van der Waals surface area contributed by atoms with E-state index in [0.29, 0.717) is 28.6 Å². The van der Waals surface area contributed by atoms with Crippen molar-refractivity contribution in [1.82, 2.24) is 4.90 Å². The molecule has 3 aliphatic rings. The quantitative estimate of drug-likeness (QED) is 0.146. The molecule has 2 saturated heterocycles. The minimum absolute atomic E-state index is 0.00132. The molecule has 2 N–H and O–H groups in total. The average molecular weight is 720 g/mol. The monoisotopic (exact) mass is 718 g/mol. The molecule has 3 heterocycles. The summed E-state index contributed by atoms with van der Waals surface area (Å²) in [7, 11) is 0. The Bertz CT molecular complexity index is 2100. The molecule has 2 fully saturated rings. The zero-order chi connectivity index (χ0) is 35.5. The van der Waals surface area contributed by atoms with Crippen LogP contribution >= 0.6 is 23.2 Å². The number of amides is 2. The zero-order valence-electron chi connectivity index (χ0n) is 26.4. The van der Waals surface area contributed by atoms with Crippen molar-refractivity contribution in [2.45, 2.75) is 37.4 Å². The fraction of sp³-hybridized carbons (Fsp3) is 0.250. The van der Waals surface area contributed by atoms with E-state index in [1.807, 2.05) is 36.1 Å². The third-order valence-corrected chi connectivity index (χ3v) is 10.4. The van der Waals surface area contributed by atoms with E-state index in [1.165, 1.54) is 29.2 Å². The topological polar surface area (TPSA) is 142 Å². The Morgan fingerprint density at radius 2 is 1.88 bits per heavy atom. The Morgan fingerprint density at radius 1 is 1.10 bits per heavy atom. The van der Waals surface area contributed by atoms with Crippen molar-refractivity contribution < 1.29 is 33.5 Å². The Morgan fingerprint density at radius 3 is 2.62 bits per heavy atom. The molecule has 0 aromatic heterocycles. The highest BCUT2D eigenvalue weighted by Gasteiger charge is 2.69. The number of fused-ring (bicyclic) bond motifs is 3. The number of carboxylic acids is 1. The Labute approximate surface area is 295 Å². The Kier molecular flexibility index (Phi) is 8.49. The first-order valence-electron chi connectivity index (χ1n) is 15.8. The number of anilines is 2. The van der Waals surface area contributed by atoms with Crippen molar-refractivity contribution in [3.8, 4) is 5.75 Å². The van der Waals surface area contributed by atoms with Crippen LogP contribution < -0.4 is 15.0 Å². The number of hydrogen-bond acceptors (Lipinski definition) is 7. The van der Waals surface area contributed by atoms with Crippen molar-refractivity contribution >= 4 is 58.0 Å². The van der Waals surface area contributed by atoms with Gasteiger partial charge in [-0.25, -0.2) is 9.18 Å². The summed E-state index contributed by atoms with van der Waals surface area (Å²) < 4.78 is 22.1. The molecule has 1 spiro atoms. The lowest BCUT2D eigenvalue weighted by molar-refractivity contribution is -0.384. The summed E-state index contributed by atoms with van der Waals surface area (Å²) in [5.74, 6) is -4.92. The normalized spacial score (nSPS) is 22.7. The lowest BCUT2D eigenvalue weighted by Gasteiger charge is -2.40. The third kappa shape index (κ3) is 5.17. The molecule has 0 radical (unpaired) electrons. The van der Waals surface area contributed by atoms with Gasteiger partial charge in [-0.1, -0.05) is 53.5 Å². The molecule has 0 aliphatic carbocycles. The number of rotatable bonds is 8. The molecule has 14 heteroatoms. The first kappa shape index (κ1) is 33.5. The molecule has 0 unspecified atom stereocenters. The average Bonchev–Trinajstić information content (AvgIpc) is 3.53. The van der Waals surface area contributed by atoms with E-state index in [4.69, 9.17) is 27.9 Å². The lowest BCUT2D eigenvalue weighted by atomic mass is 9.70. The molecule has 0 bridgehead atoms. The molecule has 4 aromatic rings. The van der Waals surface area contributed by atoms with Gasteiger partial charge in [0.25, 0.3) is 5.69 Å². The smallest absolute Gasteiger partial charge is 0.335 e. The van der Waals surface area contributed by atoms with Gasteiger partial charge in [-0.05, 0) is 66.9 Å². The van der Waals surface area contributed by atoms with Gasteiger partial charge in [-0.15, -0.1) is 0 Å². The first-order chi connectivity index (χ1) is 24.0. The van der Waals surface area contributed by atoms with Gasteiger partial charge < -0.3 is 20.1 Å². The Hall–Kier alpha value is -5.04. The largest absolute Gasteiger partial charge is 0.494 e. The minimum Gasteiger partial charge on any atom is -0.494 e. The fourth-order valence-corrected chi connectivity index (χ4v) is 8.34. The van der Waals surface area contributed by atoms with Crippen molar-refractivity contribution in [1.29, 1.82) is 0 Å². The maximum Gasteiger partial charge on any atom is 0.335 e. The predicted octanol–water partition coefficient (Wildman–Crippen LogP) is 7.01. The maximum absolute atomic E-state index is 16.4. The van der Waals surface area contributed by atoms with E-state index in [0.717, 1.165) is 11.6 Å².